The number of hydrogen-bond acceptors (Lipinski definition) is 1. The number of carbonyl (C=O) groups excluding carboxylic acids is 1. The summed E-state index contributed by atoms with van der Waals surface area (Å²) in [5.41, 5.74) is 3.47. The highest BCUT2D eigenvalue weighted by molar-refractivity contribution is 5.88. The van der Waals surface area contributed by atoms with Gasteiger partial charge in [0.05, 0.1) is 0 Å². The molecule has 1 nitrogen and oxygen atoms in total. The third-order valence-electron chi connectivity index (χ3n) is 6.55. The molecule has 0 bridgehead atoms. The highest BCUT2D eigenvalue weighted by atomic mass is 16.1. The Hall–Kier alpha value is -0.590. The number of hydrogen-bond donors (Lipinski definition) is 0. The average Bonchev–Trinajstić information content (AvgIpc) is 2.41. The van der Waals surface area contributed by atoms with Crippen LogP contribution in [0.3, 0.4) is 0 Å². The molecule has 3 rings (SSSR count). The van der Waals surface area contributed by atoms with E-state index in [1.807, 2.05) is 0 Å². The Balaban J connectivity index is 1.91. The van der Waals surface area contributed by atoms with E-state index >= 15 is 0 Å². The van der Waals surface area contributed by atoms with Gasteiger partial charge in [0.2, 0.25) is 0 Å². The van der Waals surface area contributed by atoms with E-state index in [1.54, 1.807) is 11.1 Å². The van der Waals surface area contributed by atoms with Gasteiger partial charge < -0.3 is 0 Å². The van der Waals surface area contributed by atoms with Gasteiger partial charge >= 0.3 is 0 Å². The van der Waals surface area contributed by atoms with Crippen molar-refractivity contribution in [1.82, 2.24) is 0 Å². The molecule has 3 atom stereocenters. The molecule has 0 amide bonds. The summed E-state index contributed by atoms with van der Waals surface area (Å²) in [6.45, 7) is 4.55. The van der Waals surface area contributed by atoms with Gasteiger partial charge in [-0.05, 0) is 57.3 Å². The van der Waals surface area contributed by atoms with Gasteiger partial charge in [-0.25, -0.2) is 0 Å². The number of ketones is 1. The van der Waals surface area contributed by atoms with Crippen LogP contribution < -0.4 is 0 Å². The number of Topliss-reactive ketones (excluding diaryl/α,β-unsaturated/α-hetero) is 1. The Labute approximate surface area is 124 Å². The monoisotopic (exact) mass is 274 g/mol. The minimum Gasteiger partial charge on any atom is -0.299 e. The van der Waals surface area contributed by atoms with Gasteiger partial charge in [0.15, 0.2) is 0 Å². The molecular formula is C19H30O. The maximum Gasteiger partial charge on any atom is 0.142 e. The fourth-order valence-corrected chi connectivity index (χ4v) is 5.22. The fraction of sp³-hybridized carbons (Fsp3) is 0.842. The standard InChI is InChI=1S/C19H30O/c1-14-8-7-12-19(18(14)20)13-11-16-9-5-3-4-6-10-17(16)15(19)2/h14-15H,3-13H2,1-2H3/t14-,15+,19+/m0/s1. The lowest BCUT2D eigenvalue weighted by molar-refractivity contribution is -0.139. The topological polar surface area (TPSA) is 17.1 Å². The lowest BCUT2D eigenvalue weighted by Gasteiger charge is -2.48. The van der Waals surface area contributed by atoms with Crippen LogP contribution in [-0.4, -0.2) is 5.78 Å². The molecule has 0 aromatic heterocycles. The van der Waals surface area contributed by atoms with Crippen LogP contribution >= 0.6 is 0 Å². The van der Waals surface area contributed by atoms with Gasteiger partial charge in [0, 0.05) is 11.3 Å². The van der Waals surface area contributed by atoms with E-state index in [4.69, 9.17) is 0 Å². The first-order chi connectivity index (χ1) is 9.65. The van der Waals surface area contributed by atoms with Crippen molar-refractivity contribution in [2.24, 2.45) is 17.3 Å². The van der Waals surface area contributed by atoms with Crippen LogP contribution in [0.2, 0.25) is 0 Å². The molecule has 0 heterocycles. The van der Waals surface area contributed by atoms with E-state index in [-0.39, 0.29) is 5.41 Å². The second kappa shape index (κ2) is 5.66. The largest absolute Gasteiger partial charge is 0.299 e. The van der Waals surface area contributed by atoms with Gasteiger partial charge in [-0.1, -0.05) is 44.3 Å². The number of carbonyl (C=O) groups is 1. The molecule has 1 saturated carbocycles. The summed E-state index contributed by atoms with van der Waals surface area (Å²) in [5.74, 6) is 1.44. The predicted octanol–water partition coefficient (Wildman–Crippen LogP) is 5.44. The Morgan fingerprint density at radius 1 is 0.900 bits per heavy atom. The molecule has 0 N–H and O–H groups in total. The molecule has 1 fully saturated rings. The fourth-order valence-electron chi connectivity index (χ4n) is 5.22. The van der Waals surface area contributed by atoms with Crippen LogP contribution in [0.1, 0.15) is 84.5 Å². The van der Waals surface area contributed by atoms with Crippen molar-refractivity contribution in [3.8, 4) is 0 Å². The molecule has 0 aliphatic heterocycles. The number of rotatable bonds is 0. The van der Waals surface area contributed by atoms with Gasteiger partial charge in [-0.2, -0.15) is 0 Å². The Morgan fingerprint density at radius 2 is 1.65 bits per heavy atom. The van der Waals surface area contributed by atoms with E-state index in [1.165, 1.54) is 51.4 Å². The van der Waals surface area contributed by atoms with E-state index in [2.05, 4.69) is 13.8 Å². The summed E-state index contributed by atoms with van der Waals surface area (Å²) in [6, 6.07) is 0. The zero-order chi connectivity index (χ0) is 14.2. The molecule has 0 radical (unpaired) electrons. The molecule has 0 unspecified atom stereocenters. The summed E-state index contributed by atoms with van der Waals surface area (Å²) in [4.78, 5) is 12.9. The van der Waals surface area contributed by atoms with Gasteiger partial charge in [0.1, 0.15) is 5.78 Å². The van der Waals surface area contributed by atoms with Crippen LogP contribution in [0.5, 0.6) is 0 Å². The molecule has 20 heavy (non-hydrogen) atoms. The minimum absolute atomic E-state index is 0.0235. The summed E-state index contributed by atoms with van der Waals surface area (Å²) in [7, 11) is 0. The third-order valence-corrected chi connectivity index (χ3v) is 6.55. The normalized spacial score (nSPS) is 39.4. The quantitative estimate of drug-likeness (QED) is 0.537. The van der Waals surface area contributed by atoms with Crippen LogP contribution in [0.4, 0.5) is 0 Å². The molecule has 0 aromatic carbocycles. The first kappa shape index (κ1) is 14.4. The summed E-state index contributed by atoms with van der Waals surface area (Å²) >= 11 is 0. The smallest absolute Gasteiger partial charge is 0.142 e. The molecular weight excluding hydrogens is 244 g/mol. The van der Waals surface area contributed by atoms with Gasteiger partial charge in [-0.15, -0.1) is 0 Å². The lowest BCUT2D eigenvalue weighted by atomic mass is 9.55. The second-order valence-corrected chi connectivity index (χ2v) is 7.58. The van der Waals surface area contributed by atoms with E-state index < -0.39 is 0 Å². The number of allylic oxidation sites excluding steroid dienone is 2. The minimum atomic E-state index is 0.0235. The van der Waals surface area contributed by atoms with Gasteiger partial charge in [0.25, 0.3) is 0 Å². The molecule has 3 aliphatic carbocycles. The van der Waals surface area contributed by atoms with E-state index in [9.17, 15) is 4.79 Å². The van der Waals surface area contributed by atoms with Crippen LogP contribution in [0.25, 0.3) is 0 Å². The molecule has 1 heteroatoms. The predicted molar refractivity (Wildman–Crippen MR) is 83.6 cm³/mol. The van der Waals surface area contributed by atoms with Crippen molar-refractivity contribution in [2.75, 3.05) is 0 Å². The van der Waals surface area contributed by atoms with Crippen molar-refractivity contribution < 1.29 is 4.79 Å². The molecule has 0 saturated heterocycles. The maximum absolute atomic E-state index is 12.9. The molecule has 1 spiro atoms. The first-order valence-corrected chi connectivity index (χ1v) is 8.90. The Morgan fingerprint density at radius 3 is 2.45 bits per heavy atom. The highest BCUT2D eigenvalue weighted by Gasteiger charge is 2.49. The van der Waals surface area contributed by atoms with E-state index in [0.717, 1.165) is 19.3 Å². The average molecular weight is 274 g/mol. The second-order valence-electron chi connectivity index (χ2n) is 7.58. The summed E-state index contributed by atoms with van der Waals surface area (Å²) < 4.78 is 0. The van der Waals surface area contributed by atoms with Crippen molar-refractivity contribution >= 4 is 5.78 Å². The highest BCUT2D eigenvalue weighted by Crippen LogP contribution is 2.53. The first-order valence-electron chi connectivity index (χ1n) is 8.90. The summed E-state index contributed by atoms with van der Waals surface area (Å²) in [6.07, 6.45) is 14.0. The van der Waals surface area contributed by atoms with Crippen LogP contribution in [0, 0.1) is 17.3 Å². The zero-order valence-corrected chi connectivity index (χ0v) is 13.3. The maximum atomic E-state index is 12.9. The van der Waals surface area contributed by atoms with Crippen molar-refractivity contribution in [1.29, 1.82) is 0 Å². The Bertz CT molecular complexity index is 419. The van der Waals surface area contributed by atoms with E-state index in [0.29, 0.717) is 17.6 Å². The third kappa shape index (κ3) is 2.27. The van der Waals surface area contributed by atoms with Crippen molar-refractivity contribution in [3.63, 3.8) is 0 Å². The zero-order valence-electron chi connectivity index (χ0n) is 13.3. The SMILES string of the molecule is C[C@@H]1C2=C(CCCCCC2)CC[C@]12CCC[C@H](C)C2=O. The Kier molecular flexibility index (Phi) is 4.06. The molecule has 0 aromatic rings. The molecule has 3 aliphatic rings. The van der Waals surface area contributed by atoms with Crippen LogP contribution in [-0.2, 0) is 4.79 Å². The lowest BCUT2D eigenvalue weighted by Crippen LogP contribution is -2.46. The summed E-state index contributed by atoms with van der Waals surface area (Å²) in [5, 5.41) is 0. The van der Waals surface area contributed by atoms with Crippen LogP contribution in [0.15, 0.2) is 11.1 Å². The van der Waals surface area contributed by atoms with Crippen molar-refractivity contribution in [3.05, 3.63) is 11.1 Å². The molecule has 112 valence electrons. The van der Waals surface area contributed by atoms with Gasteiger partial charge in [-0.3, -0.25) is 4.79 Å². The van der Waals surface area contributed by atoms with Crippen molar-refractivity contribution in [2.45, 2.75) is 84.5 Å².